The van der Waals surface area contributed by atoms with Crippen molar-refractivity contribution in [1.29, 1.82) is 0 Å². The summed E-state index contributed by atoms with van der Waals surface area (Å²) in [4.78, 5) is 24.1. The summed E-state index contributed by atoms with van der Waals surface area (Å²) in [5.74, 6) is -0.333. The van der Waals surface area contributed by atoms with Gasteiger partial charge in [-0.15, -0.1) is 0 Å². The molecule has 1 aliphatic carbocycles. The lowest BCUT2D eigenvalue weighted by atomic mass is 9.84. The van der Waals surface area contributed by atoms with Crippen LogP contribution in [-0.2, 0) is 0 Å². The number of Topliss-reactive ketones (excluding diaryl/α,β-unsaturated/α-hetero) is 2. The molecule has 1 aromatic rings. The van der Waals surface area contributed by atoms with Gasteiger partial charge in [-0.3, -0.25) is 9.59 Å². The minimum absolute atomic E-state index is 0.167. The molecule has 0 saturated carbocycles. The predicted molar refractivity (Wildman–Crippen MR) is 73.9 cm³/mol. The van der Waals surface area contributed by atoms with Crippen LogP contribution in [0.5, 0.6) is 0 Å². The van der Waals surface area contributed by atoms with Gasteiger partial charge in [0.15, 0.2) is 11.6 Å². The maximum absolute atomic E-state index is 12.0. The van der Waals surface area contributed by atoms with Crippen LogP contribution in [0.15, 0.2) is 60.7 Å². The summed E-state index contributed by atoms with van der Waals surface area (Å²) in [6.07, 6.45) is 2.82. The first-order valence-electron chi connectivity index (χ1n) is 5.88. The van der Waals surface area contributed by atoms with Gasteiger partial charge in [-0.05, 0) is 0 Å². The maximum atomic E-state index is 12.0. The Kier molecular flexibility index (Phi) is 4.55. The zero-order valence-corrected chi connectivity index (χ0v) is 10.7. The van der Waals surface area contributed by atoms with E-state index < -0.39 is 0 Å². The average molecular weight is 240 g/mol. The number of carbonyl (C=O) groups is 2. The molecule has 0 aliphatic heterocycles. The molecular formula is C16H16O2. The van der Waals surface area contributed by atoms with Crippen molar-refractivity contribution in [1.82, 2.24) is 0 Å². The molecule has 0 fully saturated rings. The highest BCUT2D eigenvalue weighted by atomic mass is 16.1. The SMILES string of the molecule is C=CC1=C(C=C)C(=O)c2ccccc2C1=O.CC. The summed E-state index contributed by atoms with van der Waals surface area (Å²) >= 11 is 0. The number of allylic oxidation sites excluding steroid dienone is 4. The van der Waals surface area contributed by atoms with Gasteiger partial charge in [0.2, 0.25) is 0 Å². The molecule has 0 heterocycles. The van der Waals surface area contributed by atoms with Crippen LogP contribution in [0.2, 0.25) is 0 Å². The van der Waals surface area contributed by atoms with Gasteiger partial charge >= 0.3 is 0 Å². The zero-order valence-electron chi connectivity index (χ0n) is 10.7. The molecule has 2 heteroatoms. The Balaban J connectivity index is 0.000000771. The lowest BCUT2D eigenvalue weighted by Gasteiger charge is -2.16. The Morgan fingerprint density at radius 1 is 0.833 bits per heavy atom. The van der Waals surface area contributed by atoms with E-state index in [0.29, 0.717) is 22.3 Å². The van der Waals surface area contributed by atoms with Crippen LogP contribution >= 0.6 is 0 Å². The average Bonchev–Trinajstić information content (AvgIpc) is 2.44. The van der Waals surface area contributed by atoms with Crippen molar-refractivity contribution in [2.24, 2.45) is 0 Å². The van der Waals surface area contributed by atoms with Crippen LogP contribution in [0.3, 0.4) is 0 Å². The van der Waals surface area contributed by atoms with Gasteiger partial charge < -0.3 is 0 Å². The highest BCUT2D eigenvalue weighted by Crippen LogP contribution is 2.27. The first-order valence-corrected chi connectivity index (χ1v) is 5.88. The maximum Gasteiger partial charge on any atom is 0.194 e. The molecule has 2 nitrogen and oxygen atoms in total. The van der Waals surface area contributed by atoms with Gasteiger partial charge in [0, 0.05) is 22.3 Å². The summed E-state index contributed by atoms with van der Waals surface area (Å²) in [5.41, 5.74) is 1.54. The van der Waals surface area contributed by atoms with E-state index in [1.54, 1.807) is 24.3 Å². The molecule has 2 rings (SSSR count). The van der Waals surface area contributed by atoms with Crippen LogP contribution in [0.4, 0.5) is 0 Å². The Morgan fingerprint density at radius 3 is 1.44 bits per heavy atom. The highest BCUT2D eigenvalue weighted by Gasteiger charge is 2.28. The summed E-state index contributed by atoms with van der Waals surface area (Å²) < 4.78 is 0. The van der Waals surface area contributed by atoms with E-state index in [-0.39, 0.29) is 11.6 Å². The first-order chi connectivity index (χ1) is 8.70. The minimum atomic E-state index is -0.167. The third-order valence-corrected chi connectivity index (χ3v) is 2.60. The Morgan fingerprint density at radius 2 is 1.17 bits per heavy atom. The molecule has 0 saturated heterocycles. The third-order valence-electron chi connectivity index (χ3n) is 2.60. The molecule has 0 aromatic heterocycles. The molecule has 0 N–H and O–H groups in total. The Bertz CT molecular complexity index is 499. The number of carbonyl (C=O) groups excluding carboxylic acids is 2. The quantitative estimate of drug-likeness (QED) is 0.788. The molecule has 0 radical (unpaired) electrons. The minimum Gasteiger partial charge on any atom is -0.289 e. The molecule has 1 aliphatic rings. The summed E-state index contributed by atoms with van der Waals surface area (Å²) in [6.45, 7) is 11.1. The monoisotopic (exact) mass is 240 g/mol. The van der Waals surface area contributed by atoms with E-state index in [0.717, 1.165) is 0 Å². The molecule has 0 atom stereocenters. The van der Waals surface area contributed by atoms with E-state index in [9.17, 15) is 9.59 Å². The largest absolute Gasteiger partial charge is 0.289 e. The third kappa shape index (κ3) is 2.09. The van der Waals surface area contributed by atoms with Crippen molar-refractivity contribution in [2.75, 3.05) is 0 Å². The van der Waals surface area contributed by atoms with E-state index in [4.69, 9.17) is 0 Å². The molecule has 0 unspecified atom stereocenters. The van der Waals surface area contributed by atoms with Crippen molar-refractivity contribution < 1.29 is 9.59 Å². The van der Waals surface area contributed by atoms with Crippen LogP contribution < -0.4 is 0 Å². The van der Waals surface area contributed by atoms with Crippen LogP contribution in [0.25, 0.3) is 0 Å². The van der Waals surface area contributed by atoms with Crippen molar-refractivity contribution >= 4 is 11.6 Å². The second-order valence-corrected chi connectivity index (χ2v) is 3.44. The molecular weight excluding hydrogens is 224 g/mol. The second kappa shape index (κ2) is 5.92. The van der Waals surface area contributed by atoms with Crippen molar-refractivity contribution in [2.45, 2.75) is 13.8 Å². The summed E-state index contributed by atoms with van der Waals surface area (Å²) in [6, 6.07) is 6.78. The molecule has 0 spiro atoms. The number of fused-ring (bicyclic) bond motifs is 1. The number of benzene rings is 1. The summed E-state index contributed by atoms with van der Waals surface area (Å²) in [5, 5.41) is 0. The van der Waals surface area contributed by atoms with Gasteiger partial charge in [-0.2, -0.15) is 0 Å². The molecule has 0 amide bonds. The van der Waals surface area contributed by atoms with Gasteiger partial charge in [-0.25, -0.2) is 0 Å². The number of ketones is 2. The van der Waals surface area contributed by atoms with E-state index in [1.165, 1.54) is 12.2 Å². The smallest absolute Gasteiger partial charge is 0.194 e. The number of hydrogen-bond acceptors (Lipinski definition) is 2. The van der Waals surface area contributed by atoms with Crippen molar-refractivity contribution in [3.05, 3.63) is 71.8 Å². The Labute approximate surface area is 107 Å². The van der Waals surface area contributed by atoms with Gasteiger partial charge in [0.1, 0.15) is 0 Å². The van der Waals surface area contributed by atoms with Crippen LogP contribution in [0, 0.1) is 0 Å². The fourth-order valence-corrected chi connectivity index (χ4v) is 1.82. The standard InChI is InChI=1S/C14H10O2.C2H6/c1-3-9-10(4-2)14(16)12-8-6-5-7-11(12)13(9)15;1-2/h3-8H,1-2H2;1-2H3. The molecule has 0 bridgehead atoms. The predicted octanol–water partition coefficient (Wildman–Crippen LogP) is 3.76. The van der Waals surface area contributed by atoms with Gasteiger partial charge in [0.05, 0.1) is 0 Å². The topological polar surface area (TPSA) is 34.1 Å². The van der Waals surface area contributed by atoms with Gasteiger partial charge in [0.25, 0.3) is 0 Å². The van der Waals surface area contributed by atoms with Gasteiger partial charge in [-0.1, -0.05) is 63.4 Å². The normalized spacial score (nSPS) is 13.4. The molecule has 1 aromatic carbocycles. The van der Waals surface area contributed by atoms with Crippen LogP contribution in [-0.4, -0.2) is 11.6 Å². The van der Waals surface area contributed by atoms with E-state index in [1.807, 2.05) is 13.8 Å². The lowest BCUT2D eigenvalue weighted by molar-refractivity contribution is 0.0980. The van der Waals surface area contributed by atoms with Crippen molar-refractivity contribution in [3.8, 4) is 0 Å². The fraction of sp³-hybridized carbons (Fsp3) is 0.125. The Hall–Kier alpha value is -2.22. The highest BCUT2D eigenvalue weighted by molar-refractivity contribution is 6.28. The molecule has 18 heavy (non-hydrogen) atoms. The summed E-state index contributed by atoms with van der Waals surface area (Å²) in [7, 11) is 0. The lowest BCUT2D eigenvalue weighted by Crippen LogP contribution is -2.20. The van der Waals surface area contributed by atoms with E-state index in [2.05, 4.69) is 13.2 Å². The van der Waals surface area contributed by atoms with Crippen molar-refractivity contribution in [3.63, 3.8) is 0 Å². The second-order valence-electron chi connectivity index (χ2n) is 3.44. The van der Waals surface area contributed by atoms with E-state index >= 15 is 0 Å². The fourth-order valence-electron chi connectivity index (χ4n) is 1.82. The number of rotatable bonds is 2. The van der Waals surface area contributed by atoms with Crippen LogP contribution in [0.1, 0.15) is 34.6 Å². The molecule has 92 valence electrons. The number of hydrogen-bond donors (Lipinski definition) is 0. The first kappa shape index (κ1) is 13.8. The zero-order chi connectivity index (χ0) is 13.7.